The maximum absolute atomic E-state index is 12.8. The van der Waals surface area contributed by atoms with Crippen LogP contribution in [0.4, 0.5) is 11.6 Å². The first kappa shape index (κ1) is 19.1. The molecule has 0 aliphatic carbocycles. The van der Waals surface area contributed by atoms with Gasteiger partial charge >= 0.3 is 0 Å². The van der Waals surface area contributed by atoms with Crippen molar-refractivity contribution in [3.63, 3.8) is 0 Å². The molecule has 0 bridgehead atoms. The van der Waals surface area contributed by atoms with E-state index in [4.69, 9.17) is 5.73 Å². The predicted molar refractivity (Wildman–Crippen MR) is 108 cm³/mol. The number of aromatic nitrogens is 3. The number of carbonyl (C=O) groups excluding carboxylic acids is 2. The topological polar surface area (TPSA) is 131 Å². The standard InChI is InChI=1S/C19H24N8O2/c1-26-19(22-17(25-26)12-7-9-21-10-8-12)23-18(29)14-11-15(16(20)28)27(24-14)13-5-3-2-4-6-13/h2-6,12,15,21H,7-11H2,1H3,(H2,20,28)(H,22,23,25,29). The lowest BCUT2D eigenvalue weighted by Gasteiger charge is -2.20. The quantitative estimate of drug-likeness (QED) is 0.668. The minimum Gasteiger partial charge on any atom is -0.368 e. The summed E-state index contributed by atoms with van der Waals surface area (Å²) in [6.45, 7) is 1.87. The van der Waals surface area contributed by atoms with Crippen molar-refractivity contribution in [2.75, 3.05) is 23.4 Å². The maximum Gasteiger partial charge on any atom is 0.274 e. The third-order valence-corrected chi connectivity index (χ3v) is 5.23. The highest BCUT2D eigenvalue weighted by Gasteiger charge is 2.35. The Kier molecular flexibility index (Phi) is 5.26. The lowest BCUT2D eigenvalue weighted by Crippen LogP contribution is -2.39. The van der Waals surface area contributed by atoms with Gasteiger partial charge in [0, 0.05) is 19.4 Å². The summed E-state index contributed by atoms with van der Waals surface area (Å²) in [5.74, 6) is 0.428. The molecule has 1 aromatic carbocycles. The molecule has 4 N–H and O–H groups in total. The summed E-state index contributed by atoms with van der Waals surface area (Å²) in [7, 11) is 1.74. The molecule has 0 saturated carbocycles. The van der Waals surface area contributed by atoms with Crippen molar-refractivity contribution in [3.8, 4) is 0 Å². The van der Waals surface area contributed by atoms with Gasteiger partial charge in [-0.15, -0.1) is 0 Å². The number of rotatable bonds is 5. The lowest BCUT2D eigenvalue weighted by atomic mass is 9.98. The molecule has 10 heteroatoms. The van der Waals surface area contributed by atoms with Crippen LogP contribution < -0.4 is 21.4 Å². The molecule has 1 atom stereocenters. The first-order valence-electron chi connectivity index (χ1n) is 9.67. The minimum atomic E-state index is -0.706. The molecular weight excluding hydrogens is 372 g/mol. The third kappa shape index (κ3) is 3.97. The number of para-hydroxylation sites is 1. The zero-order chi connectivity index (χ0) is 20.4. The third-order valence-electron chi connectivity index (χ3n) is 5.23. The van der Waals surface area contributed by atoms with E-state index in [2.05, 4.69) is 25.8 Å². The zero-order valence-corrected chi connectivity index (χ0v) is 16.2. The lowest BCUT2D eigenvalue weighted by molar-refractivity contribution is -0.119. The molecule has 0 spiro atoms. The summed E-state index contributed by atoms with van der Waals surface area (Å²) in [5, 5.41) is 16.4. The minimum absolute atomic E-state index is 0.134. The van der Waals surface area contributed by atoms with Gasteiger partial charge in [-0.25, -0.2) is 4.68 Å². The molecule has 10 nitrogen and oxygen atoms in total. The molecule has 29 heavy (non-hydrogen) atoms. The number of amides is 2. The average Bonchev–Trinajstić information content (AvgIpc) is 3.34. The van der Waals surface area contributed by atoms with Gasteiger partial charge in [0.1, 0.15) is 11.8 Å². The fraction of sp³-hybridized carbons (Fsp3) is 0.421. The monoisotopic (exact) mass is 396 g/mol. The number of benzene rings is 1. The first-order valence-corrected chi connectivity index (χ1v) is 9.67. The van der Waals surface area contributed by atoms with E-state index in [-0.39, 0.29) is 18.1 Å². The van der Waals surface area contributed by atoms with Crippen LogP contribution in [0.3, 0.4) is 0 Å². The van der Waals surface area contributed by atoms with Crippen LogP contribution in [-0.2, 0) is 16.6 Å². The Balaban J connectivity index is 1.51. The fourth-order valence-corrected chi connectivity index (χ4v) is 3.63. The first-order chi connectivity index (χ1) is 14.0. The van der Waals surface area contributed by atoms with E-state index in [1.807, 2.05) is 30.3 Å². The Morgan fingerprint density at radius 3 is 2.62 bits per heavy atom. The van der Waals surface area contributed by atoms with E-state index >= 15 is 0 Å². The van der Waals surface area contributed by atoms with E-state index in [1.54, 1.807) is 11.7 Å². The summed E-state index contributed by atoms with van der Waals surface area (Å²) in [6.07, 6.45) is 2.07. The Morgan fingerprint density at radius 1 is 1.21 bits per heavy atom. The van der Waals surface area contributed by atoms with Crippen molar-refractivity contribution in [2.45, 2.75) is 31.2 Å². The number of hydrogen-bond acceptors (Lipinski definition) is 7. The number of nitrogens with one attached hydrogen (secondary N) is 2. The van der Waals surface area contributed by atoms with E-state index in [0.717, 1.165) is 31.8 Å². The van der Waals surface area contributed by atoms with Gasteiger partial charge in [0.15, 0.2) is 5.82 Å². The fourth-order valence-electron chi connectivity index (χ4n) is 3.63. The summed E-state index contributed by atoms with van der Waals surface area (Å²) < 4.78 is 1.56. The van der Waals surface area contributed by atoms with Crippen molar-refractivity contribution in [1.82, 2.24) is 20.1 Å². The van der Waals surface area contributed by atoms with E-state index in [1.165, 1.54) is 5.01 Å². The Labute approximate surface area is 168 Å². The Bertz CT molecular complexity index is 933. The molecule has 2 aliphatic rings. The van der Waals surface area contributed by atoms with Gasteiger partial charge in [-0.05, 0) is 38.1 Å². The summed E-state index contributed by atoms with van der Waals surface area (Å²) >= 11 is 0. The summed E-state index contributed by atoms with van der Waals surface area (Å²) in [6, 6.07) is 8.46. The second-order valence-electron chi connectivity index (χ2n) is 7.24. The van der Waals surface area contributed by atoms with Crippen LogP contribution in [0, 0.1) is 0 Å². The smallest absolute Gasteiger partial charge is 0.274 e. The molecule has 1 saturated heterocycles. The van der Waals surface area contributed by atoms with Crippen molar-refractivity contribution < 1.29 is 9.59 Å². The normalized spacial score (nSPS) is 19.8. The van der Waals surface area contributed by atoms with Crippen LogP contribution in [0.1, 0.15) is 31.0 Å². The summed E-state index contributed by atoms with van der Waals surface area (Å²) in [5.41, 5.74) is 6.46. The van der Waals surface area contributed by atoms with Gasteiger partial charge in [-0.3, -0.25) is 19.9 Å². The highest BCUT2D eigenvalue weighted by molar-refractivity contribution is 6.44. The molecular formula is C19H24N8O2. The maximum atomic E-state index is 12.8. The number of hydrazone groups is 1. The second kappa shape index (κ2) is 8.00. The zero-order valence-electron chi connectivity index (χ0n) is 16.2. The van der Waals surface area contributed by atoms with Crippen molar-refractivity contribution in [3.05, 3.63) is 36.2 Å². The number of primary amides is 1. The molecule has 152 valence electrons. The highest BCUT2D eigenvalue weighted by Crippen LogP contribution is 2.26. The van der Waals surface area contributed by atoms with Crippen LogP contribution in [0.15, 0.2) is 35.4 Å². The van der Waals surface area contributed by atoms with Crippen LogP contribution in [0.5, 0.6) is 0 Å². The number of hydrogen-bond donors (Lipinski definition) is 3. The molecule has 2 aromatic rings. The number of carbonyl (C=O) groups is 2. The van der Waals surface area contributed by atoms with Crippen LogP contribution in [0.25, 0.3) is 0 Å². The Hall–Kier alpha value is -3.27. The average molecular weight is 396 g/mol. The molecule has 0 radical (unpaired) electrons. The number of nitrogens with zero attached hydrogens (tertiary/aromatic N) is 5. The SMILES string of the molecule is Cn1nc(C2CCNCC2)nc1NC(=O)C1=NN(c2ccccc2)C(C(N)=O)C1. The molecule has 1 unspecified atom stereocenters. The van der Waals surface area contributed by atoms with Crippen LogP contribution in [-0.4, -0.2) is 51.4 Å². The van der Waals surface area contributed by atoms with Gasteiger partial charge < -0.3 is 11.1 Å². The number of anilines is 2. The molecule has 1 fully saturated rings. The van der Waals surface area contributed by atoms with Gasteiger partial charge in [0.05, 0.1) is 5.69 Å². The predicted octanol–water partition coefficient (Wildman–Crippen LogP) is 0.341. The summed E-state index contributed by atoms with van der Waals surface area (Å²) in [4.78, 5) is 29.2. The molecule has 3 heterocycles. The van der Waals surface area contributed by atoms with Crippen molar-refractivity contribution >= 4 is 29.2 Å². The van der Waals surface area contributed by atoms with E-state index in [0.29, 0.717) is 11.6 Å². The van der Waals surface area contributed by atoms with Gasteiger partial charge in [-0.1, -0.05) is 18.2 Å². The molecule has 2 amide bonds. The van der Waals surface area contributed by atoms with E-state index in [9.17, 15) is 9.59 Å². The van der Waals surface area contributed by atoms with Gasteiger partial charge in [0.2, 0.25) is 11.9 Å². The molecule has 4 rings (SSSR count). The van der Waals surface area contributed by atoms with Gasteiger partial charge in [0.25, 0.3) is 5.91 Å². The van der Waals surface area contributed by atoms with Crippen molar-refractivity contribution in [1.29, 1.82) is 0 Å². The second-order valence-corrected chi connectivity index (χ2v) is 7.24. The largest absolute Gasteiger partial charge is 0.368 e. The number of aryl methyl sites for hydroxylation is 1. The Morgan fingerprint density at radius 2 is 1.93 bits per heavy atom. The van der Waals surface area contributed by atoms with Crippen LogP contribution in [0.2, 0.25) is 0 Å². The highest BCUT2D eigenvalue weighted by atomic mass is 16.2. The van der Waals surface area contributed by atoms with E-state index < -0.39 is 17.9 Å². The number of piperidine rings is 1. The van der Waals surface area contributed by atoms with Crippen LogP contribution >= 0.6 is 0 Å². The molecule has 1 aromatic heterocycles. The van der Waals surface area contributed by atoms with Crippen molar-refractivity contribution in [2.24, 2.45) is 17.9 Å². The molecule has 2 aliphatic heterocycles. The number of nitrogens with two attached hydrogens (primary N) is 1. The van der Waals surface area contributed by atoms with Gasteiger partial charge in [-0.2, -0.15) is 15.2 Å².